The Balaban J connectivity index is 0.000000471. The highest BCUT2D eigenvalue weighted by molar-refractivity contribution is 6.30. The third-order valence-electron chi connectivity index (χ3n) is 3.72. The smallest absolute Gasteiger partial charge is 0.300 e. The van der Waals surface area contributed by atoms with E-state index in [0.29, 0.717) is 10.6 Å². The third kappa shape index (κ3) is 3.66. The van der Waals surface area contributed by atoms with Gasteiger partial charge in [0.15, 0.2) is 0 Å². The van der Waals surface area contributed by atoms with E-state index in [1.54, 1.807) is 28.8 Å². The Morgan fingerprint density at radius 3 is 2.12 bits per heavy atom. The molecular weight excluding hydrogens is 326 g/mol. The average molecular weight is 344 g/mol. The van der Waals surface area contributed by atoms with Gasteiger partial charge in [0.1, 0.15) is 0 Å². The van der Waals surface area contributed by atoms with Crippen molar-refractivity contribution in [2.75, 3.05) is 0 Å². The van der Waals surface area contributed by atoms with Crippen LogP contribution >= 0.6 is 11.6 Å². The number of hydrogen-bond acceptors (Lipinski definition) is 2. The summed E-state index contributed by atoms with van der Waals surface area (Å²) < 4.78 is 1.77. The molecule has 3 aromatic rings. The maximum atomic E-state index is 12.7. The molecule has 5 heteroatoms. The van der Waals surface area contributed by atoms with Crippen molar-refractivity contribution in [2.24, 2.45) is 0 Å². The highest BCUT2D eigenvalue weighted by Gasteiger charge is 2.17. The Kier molecular flexibility index (Phi) is 5.42. The molecule has 4 nitrogen and oxygen atoms in total. The number of nitrogens with zero attached hydrogens (tertiary/aromatic N) is 1. The van der Waals surface area contributed by atoms with Crippen LogP contribution in [0, 0.1) is 13.8 Å². The van der Waals surface area contributed by atoms with Crippen LogP contribution in [0.3, 0.4) is 0 Å². The van der Waals surface area contributed by atoms with E-state index in [4.69, 9.17) is 21.5 Å². The summed E-state index contributed by atoms with van der Waals surface area (Å²) in [6.45, 7) is 5.10. The topological polar surface area (TPSA) is 59.3 Å². The maximum Gasteiger partial charge on any atom is 0.300 e. The fraction of sp³-hybridized carbons (Fsp3) is 0.158. The lowest BCUT2D eigenvalue weighted by Crippen LogP contribution is -2.13. The van der Waals surface area contributed by atoms with Gasteiger partial charge in [-0.1, -0.05) is 29.8 Å². The highest BCUT2D eigenvalue weighted by Crippen LogP contribution is 2.26. The second kappa shape index (κ2) is 7.32. The van der Waals surface area contributed by atoms with Crippen LogP contribution in [0.5, 0.6) is 0 Å². The molecule has 0 atom stereocenters. The van der Waals surface area contributed by atoms with Gasteiger partial charge in [0.2, 0.25) is 0 Å². The van der Waals surface area contributed by atoms with Crippen LogP contribution in [0.15, 0.2) is 48.5 Å². The van der Waals surface area contributed by atoms with Crippen molar-refractivity contribution in [2.45, 2.75) is 20.8 Å². The molecule has 0 aliphatic heterocycles. The molecule has 0 spiro atoms. The first-order valence-electron chi connectivity index (χ1n) is 7.39. The molecule has 1 heterocycles. The van der Waals surface area contributed by atoms with Crippen molar-refractivity contribution in [3.63, 3.8) is 0 Å². The van der Waals surface area contributed by atoms with E-state index in [1.165, 1.54) is 0 Å². The summed E-state index contributed by atoms with van der Waals surface area (Å²) in [5, 5.41) is 9.17. The summed E-state index contributed by atoms with van der Waals surface area (Å²) in [5.74, 6) is -0.858. The molecule has 0 fully saturated rings. The van der Waals surface area contributed by atoms with E-state index in [1.807, 2.05) is 38.1 Å². The molecule has 24 heavy (non-hydrogen) atoms. The number of aromatic nitrogens is 1. The van der Waals surface area contributed by atoms with Crippen molar-refractivity contribution in [3.05, 3.63) is 70.4 Å². The quantitative estimate of drug-likeness (QED) is 0.697. The van der Waals surface area contributed by atoms with Crippen LogP contribution in [0.2, 0.25) is 5.02 Å². The SMILES string of the molecule is CC(=O)O.Cc1c(C)n(C(=O)c2ccc(Cl)cc2)c2ccccc12. The standard InChI is InChI=1S/C17H14ClNO.C2H4O2/c1-11-12(2)19(16-6-4-3-5-15(11)16)17(20)13-7-9-14(18)10-8-13;1-2(3)4/h3-10H,1-2H3;1H3,(H,3,4). The van der Waals surface area contributed by atoms with E-state index >= 15 is 0 Å². The van der Waals surface area contributed by atoms with Gasteiger partial charge in [-0.25, -0.2) is 0 Å². The summed E-state index contributed by atoms with van der Waals surface area (Å²) in [4.78, 5) is 21.7. The van der Waals surface area contributed by atoms with Crippen molar-refractivity contribution >= 4 is 34.4 Å². The monoisotopic (exact) mass is 343 g/mol. The van der Waals surface area contributed by atoms with Gasteiger partial charge < -0.3 is 5.11 Å². The number of aliphatic carboxylic acids is 1. The summed E-state index contributed by atoms with van der Waals surface area (Å²) >= 11 is 5.87. The zero-order chi connectivity index (χ0) is 17.9. The van der Waals surface area contributed by atoms with Gasteiger partial charge in [0.05, 0.1) is 5.52 Å². The molecule has 0 radical (unpaired) electrons. The Labute approximate surface area is 145 Å². The zero-order valence-electron chi connectivity index (χ0n) is 13.7. The van der Waals surface area contributed by atoms with Crippen molar-refractivity contribution < 1.29 is 14.7 Å². The number of hydrogen-bond donors (Lipinski definition) is 1. The van der Waals surface area contributed by atoms with Gasteiger partial charge in [-0.05, 0) is 49.7 Å². The molecule has 0 unspecified atom stereocenters. The van der Waals surface area contributed by atoms with Gasteiger partial charge in [-0.2, -0.15) is 0 Å². The second-order valence-electron chi connectivity index (χ2n) is 5.39. The number of rotatable bonds is 1. The van der Waals surface area contributed by atoms with E-state index in [2.05, 4.69) is 0 Å². The van der Waals surface area contributed by atoms with Crippen LogP contribution in [0.1, 0.15) is 28.5 Å². The second-order valence-corrected chi connectivity index (χ2v) is 5.83. The lowest BCUT2D eigenvalue weighted by molar-refractivity contribution is -0.134. The molecule has 1 N–H and O–H groups in total. The molecule has 3 rings (SSSR count). The lowest BCUT2D eigenvalue weighted by Gasteiger charge is -2.07. The number of fused-ring (bicyclic) bond motifs is 1. The van der Waals surface area contributed by atoms with Crippen LogP contribution in [-0.2, 0) is 4.79 Å². The average Bonchev–Trinajstić information content (AvgIpc) is 2.79. The molecule has 0 bridgehead atoms. The van der Waals surface area contributed by atoms with Crippen LogP contribution < -0.4 is 0 Å². The normalized spacial score (nSPS) is 10.2. The molecule has 0 aliphatic rings. The van der Waals surface area contributed by atoms with Gasteiger partial charge in [0.25, 0.3) is 11.9 Å². The number of para-hydroxylation sites is 1. The molecule has 0 saturated carbocycles. The number of halogens is 1. The fourth-order valence-electron chi connectivity index (χ4n) is 2.51. The van der Waals surface area contributed by atoms with E-state index < -0.39 is 5.97 Å². The van der Waals surface area contributed by atoms with Crippen LogP contribution in [0.4, 0.5) is 0 Å². The number of carboxylic acid groups (broad SMARTS) is 1. The summed E-state index contributed by atoms with van der Waals surface area (Å²) in [5.41, 5.74) is 3.70. The minimum atomic E-state index is -0.833. The maximum absolute atomic E-state index is 12.7. The van der Waals surface area contributed by atoms with E-state index in [9.17, 15) is 4.79 Å². The first kappa shape index (κ1) is 17.8. The minimum absolute atomic E-state index is 0.0246. The molecule has 0 aliphatic carbocycles. The Hall–Kier alpha value is -2.59. The summed E-state index contributed by atoms with van der Waals surface area (Å²) in [6, 6.07) is 15.0. The third-order valence-corrected chi connectivity index (χ3v) is 3.97. The Morgan fingerprint density at radius 1 is 1.00 bits per heavy atom. The van der Waals surface area contributed by atoms with Gasteiger partial charge in [0, 0.05) is 28.6 Å². The van der Waals surface area contributed by atoms with Crippen molar-refractivity contribution in [1.82, 2.24) is 4.57 Å². The predicted molar refractivity (Wildman–Crippen MR) is 95.9 cm³/mol. The van der Waals surface area contributed by atoms with Gasteiger partial charge in [-0.3, -0.25) is 14.2 Å². The molecule has 0 saturated heterocycles. The molecule has 124 valence electrons. The summed E-state index contributed by atoms with van der Waals surface area (Å²) in [7, 11) is 0. The lowest BCUT2D eigenvalue weighted by atomic mass is 10.2. The number of aryl methyl sites for hydroxylation is 1. The summed E-state index contributed by atoms with van der Waals surface area (Å²) in [6.07, 6.45) is 0. The van der Waals surface area contributed by atoms with Crippen molar-refractivity contribution in [3.8, 4) is 0 Å². The van der Waals surface area contributed by atoms with Crippen LogP contribution in [0.25, 0.3) is 10.9 Å². The number of carbonyl (C=O) groups is 2. The molecular formula is C19H18ClNO3. The first-order valence-corrected chi connectivity index (χ1v) is 7.77. The number of carbonyl (C=O) groups excluding carboxylic acids is 1. The van der Waals surface area contributed by atoms with E-state index in [0.717, 1.165) is 29.1 Å². The van der Waals surface area contributed by atoms with Crippen LogP contribution in [-0.4, -0.2) is 21.6 Å². The van der Waals surface area contributed by atoms with Gasteiger partial charge in [-0.15, -0.1) is 0 Å². The Bertz CT molecular complexity index is 891. The minimum Gasteiger partial charge on any atom is -0.481 e. The number of carboxylic acids is 1. The van der Waals surface area contributed by atoms with Crippen molar-refractivity contribution in [1.29, 1.82) is 0 Å². The highest BCUT2D eigenvalue weighted by atomic mass is 35.5. The largest absolute Gasteiger partial charge is 0.481 e. The first-order chi connectivity index (χ1) is 11.3. The molecule has 1 aromatic heterocycles. The predicted octanol–water partition coefficient (Wildman–Crippen LogP) is 4.69. The molecule has 2 aromatic carbocycles. The Morgan fingerprint density at radius 2 is 1.54 bits per heavy atom. The van der Waals surface area contributed by atoms with E-state index in [-0.39, 0.29) is 5.91 Å². The zero-order valence-corrected chi connectivity index (χ0v) is 14.5. The number of benzene rings is 2. The molecule has 0 amide bonds. The fourth-order valence-corrected chi connectivity index (χ4v) is 2.64. The van der Waals surface area contributed by atoms with Gasteiger partial charge >= 0.3 is 0 Å².